The second-order valence-electron chi connectivity index (χ2n) is 9.22. The van der Waals surface area contributed by atoms with Crippen molar-refractivity contribution in [1.29, 1.82) is 0 Å². The minimum absolute atomic E-state index is 0.0221. The number of H-pyrrole nitrogens is 1. The fourth-order valence-electron chi connectivity index (χ4n) is 4.12. The molecule has 1 aliphatic rings. The summed E-state index contributed by atoms with van der Waals surface area (Å²) in [4.78, 5) is 44.2. The number of carbonyl (C=O) groups excluding carboxylic acids is 1. The van der Waals surface area contributed by atoms with Crippen LogP contribution in [-0.4, -0.2) is 50.3 Å². The predicted molar refractivity (Wildman–Crippen MR) is 154 cm³/mol. The van der Waals surface area contributed by atoms with Crippen LogP contribution in [0.2, 0.25) is 10.0 Å². The number of esters is 1. The first-order valence-electron chi connectivity index (χ1n) is 11.8. The Hall–Kier alpha value is -3.58. The van der Waals surface area contributed by atoms with Gasteiger partial charge in [-0.3, -0.25) is 9.78 Å². The molecule has 206 valence electrons. The monoisotopic (exact) mass is 618 g/mol. The van der Waals surface area contributed by atoms with Crippen LogP contribution in [0.15, 0.2) is 58.3 Å². The number of nitrogens with zero attached hydrogens (tertiary/aromatic N) is 3. The average molecular weight is 620 g/mol. The van der Waals surface area contributed by atoms with E-state index in [0.29, 0.717) is 21.1 Å². The maximum absolute atomic E-state index is 13.2. The van der Waals surface area contributed by atoms with Crippen LogP contribution >= 0.6 is 46.8 Å². The number of thiocarbonyl (C=S) groups is 1. The number of aromatic amines is 1. The topological polar surface area (TPSA) is 125 Å². The maximum Gasteiger partial charge on any atom is 0.352 e. The van der Waals surface area contributed by atoms with Crippen molar-refractivity contribution in [2.75, 3.05) is 13.2 Å². The van der Waals surface area contributed by atoms with Crippen molar-refractivity contribution in [1.82, 2.24) is 19.7 Å². The van der Waals surface area contributed by atoms with Crippen molar-refractivity contribution in [2.45, 2.75) is 25.4 Å². The molecular formula is C26H20Cl2N4O6S2. The van der Waals surface area contributed by atoms with E-state index in [1.807, 2.05) is 44.2 Å². The number of benzene rings is 2. The van der Waals surface area contributed by atoms with E-state index in [1.165, 1.54) is 12.1 Å². The van der Waals surface area contributed by atoms with Crippen LogP contribution in [0.25, 0.3) is 16.9 Å². The molecule has 1 aliphatic heterocycles. The molecule has 2 aromatic heterocycles. The molecule has 0 bridgehead atoms. The van der Waals surface area contributed by atoms with E-state index >= 15 is 0 Å². The van der Waals surface area contributed by atoms with Gasteiger partial charge < -0.3 is 14.2 Å². The maximum atomic E-state index is 13.2. The van der Waals surface area contributed by atoms with Gasteiger partial charge in [-0.05, 0) is 26.0 Å². The number of hydrogen-bond donors (Lipinski definition) is 1. The number of hydrogen-bond acceptors (Lipinski definition) is 10. The van der Waals surface area contributed by atoms with Crippen LogP contribution < -0.4 is 11.2 Å². The lowest BCUT2D eigenvalue weighted by Gasteiger charge is -2.25. The summed E-state index contributed by atoms with van der Waals surface area (Å²) in [7, 11) is 0. The molecule has 10 nitrogen and oxygen atoms in total. The van der Waals surface area contributed by atoms with Crippen molar-refractivity contribution in [2.24, 2.45) is 0 Å². The molecular weight excluding hydrogens is 599 g/mol. The van der Waals surface area contributed by atoms with Gasteiger partial charge in [0, 0.05) is 38.8 Å². The Morgan fingerprint density at radius 3 is 2.55 bits per heavy atom. The number of thiazole rings is 1. The molecule has 40 heavy (non-hydrogen) atoms. The van der Waals surface area contributed by atoms with Gasteiger partial charge in [-0.2, -0.15) is 9.78 Å². The van der Waals surface area contributed by atoms with Crippen LogP contribution in [0.4, 0.5) is 0 Å². The summed E-state index contributed by atoms with van der Waals surface area (Å²) in [5.41, 5.74) is -0.278. The molecule has 1 N–H and O–H groups in total. The van der Waals surface area contributed by atoms with Crippen LogP contribution in [0.1, 0.15) is 34.1 Å². The molecule has 1 saturated heterocycles. The largest absolute Gasteiger partial charge is 0.457 e. The molecule has 2 aromatic carbocycles. The zero-order chi connectivity index (χ0) is 28.6. The summed E-state index contributed by atoms with van der Waals surface area (Å²) in [5.74, 6) is -0.573. The SMILES string of the molecule is CC(C)(c1nc(-c2ccccc2)c(C(=O)OCC2COC(=S)O2)s1)c1c(Cl)cc(-n2ncc(=O)[nH]c2=O)cc1Cl. The summed E-state index contributed by atoms with van der Waals surface area (Å²) < 4.78 is 16.9. The van der Waals surface area contributed by atoms with Crippen molar-refractivity contribution >= 4 is 58.0 Å². The Labute approximate surface area is 246 Å². The van der Waals surface area contributed by atoms with E-state index in [9.17, 15) is 14.4 Å². The third-order valence-electron chi connectivity index (χ3n) is 6.05. The fourth-order valence-corrected chi connectivity index (χ4v) is 6.36. The minimum atomic E-state index is -0.878. The first kappa shape index (κ1) is 28.0. The zero-order valence-corrected chi connectivity index (χ0v) is 24.1. The third kappa shape index (κ3) is 5.52. The first-order chi connectivity index (χ1) is 19.0. The molecule has 0 aliphatic carbocycles. The average Bonchev–Trinajstić information content (AvgIpc) is 3.54. The lowest BCUT2D eigenvalue weighted by Crippen LogP contribution is -2.30. The van der Waals surface area contributed by atoms with Gasteiger partial charge in [0.2, 0.25) is 0 Å². The molecule has 0 spiro atoms. The Kier molecular flexibility index (Phi) is 7.78. The highest BCUT2D eigenvalue weighted by Gasteiger charge is 2.35. The van der Waals surface area contributed by atoms with E-state index < -0.39 is 28.7 Å². The summed E-state index contributed by atoms with van der Waals surface area (Å²) in [5, 5.41) is 4.91. The second kappa shape index (κ2) is 11.1. The van der Waals surface area contributed by atoms with Gasteiger partial charge in [-0.15, -0.1) is 11.3 Å². The van der Waals surface area contributed by atoms with Gasteiger partial charge in [-0.25, -0.2) is 14.6 Å². The smallest absolute Gasteiger partial charge is 0.352 e. The molecule has 1 fully saturated rings. The second-order valence-corrected chi connectivity index (χ2v) is 11.4. The van der Waals surface area contributed by atoms with Gasteiger partial charge in [0.05, 0.1) is 11.4 Å². The van der Waals surface area contributed by atoms with Crippen molar-refractivity contribution in [3.05, 3.63) is 95.0 Å². The summed E-state index contributed by atoms with van der Waals surface area (Å²) in [6, 6.07) is 12.3. The highest BCUT2D eigenvalue weighted by Crippen LogP contribution is 2.44. The molecule has 0 saturated carbocycles. The molecule has 3 heterocycles. The zero-order valence-electron chi connectivity index (χ0n) is 21.0. The van der Waals surface area contributed by atoms with E-state index in [0.717, 1.165) is 27.8 Å². The number of aromatic nitrogens is 4. The van der Waals surface area contributed by atoms with Crippen molar-refractivity contribution < 1.29 is 19.0 Å². The normalized spacial score (nSPS) is 15.0. The number of nitrogens with one attached hydrogen (secondary N) is 1. The van der Waals surface area contributed by atoms with Gasteiger partial charge in [0.1, 0.15) is 29.3 Å². The van der Waals surface area contributed by atoms with E-state index in [2.05, 4.69) is 10.1 Å². The van der Waals surface area contributed by atoms with E-state index in [4.69, 9.17) is 54.6 Å². The van der Waals surface area contributed by atoms with E-state index in [-0.39, 0.29) is 34.2 Å². The highest BCUT2D eigenvalue weighted by atomic mass is 35.5. The highest BCUT2D eigenvalue weighted by molar-refractivity contribution is 7.79. The standard InChI is InChI=1S/C26H20Cl2N4O6S2/c1-26(2,19-16(27)8-14(9-17(19)28)32-24(35)30-18(33)10-29-32)23-31-20(13-6-4-3-5-7-13)21(40-23)22(34)36-11-15-12-37-25(39)38-15/h3-10,15H,11-12H2,1-2H3,(H,30,33,35). The molecule has 14 heteroatoms. The van der Waals surface area contributed by atoms with E-state index in [1.54, 1.807) is 0 Å². The molecule has 5 rings (SSSR count). The van der Waals surface area contributed by atoms with Gasteiger partial charge >= 0.3 is 16.9 Å². The number of halogens is 2. The molecule has 1 atom stereocenters. The summed E-state index contributed by atoms with van der Waals surface area (Å²) in [6.07, 6.45) is 0.489. The summed E-state index contributed by atoms with van der Waals surface area (Å²) in [6.45, 7) is 3.91. The van der Waals surface area contributed by atoms with Crippen LogP contribution in [0, 0.1) is 0 Å². The lowest BCUT2D eigenvalue weighted by molar-refractivity contribution is 0.0344. The minimum Gasteiger partial charge on any atom is -0.457 e. The van der Waals surface area contributed by atoms with Crippen LogP contribution in [0.5, 0.6) is 0 Å². The Bertz CT molecular complexity index is 1710. The summed E-state index contributed by atoms with van der Waals surface area (Å²) >= 11 is 19.5. The van der Waals surface area contributed by atoms with Gasteiger partial charge in [0.15, 0.2) is 6.10 Å². The molecule has 0 amide bonds. The quantitative estimate of drug-likeness (QED) is 0.235. The fraction of sp³-hybridized carbons (Fsp3) is 0.231. The molecule has 1 unspecified atom stereocenters. The number of carbonyl (C=O) groups is 1. The Balaban J connectivity index is 1.53. The third-order valence-corrected chi connectivity index (χ3v) is 8.22. The van der Waals surface area contributed by atoms with Crippen LogP contribution in [-0.2, 0) is 19.6 Å². The Morgan fingerprint density at radius 2 is 1.93 bits per heavy atom. The predicted octanol–water partition coefficient (Wildman–Crippen LogP) is 4.53. The van der Waals surface area contributed by atoms with Gasteiger partial charge in [0.25, 0.3) is 5.56 Å². The van der Waals surface area contributed by atoms with Crippen molar-refractivity contribution in [3.63, 3.8) is 0 Å². The Morgan fingerprint density at radius 1 is 1.23 bits per heavy atom. The number of ether oxygens (including phenoxy) is 3. The van der Waals surface area contributed by atoms with Crippen molar-refractivity contribution in [3.8, 4) is 16.9 Å². The molecule has 4 aromatic rings. The lowest BCUT2D eigenvalue weighted by atomic mass is 9.85. The van der Waals surface area contributed by atoms with Crippen LogP contribution in [0.3, 0.4) is 0 Å². The molecule has 0 radical (unpaired) electrons. The number of rotatable bonds is 7. The first-order valence-corrected chi connectivity index (χ1v) is 13.8. The van der Waals surface area contributed by atoms with Gasteiger partial charge in [-0.1, -0.05) is 53.5 Å².